The molecule has 0 saturated carbocycles. The van der Waals surface area contributed by atoms with Gasteiger partial charge in [-0.2, -0.15) is 0 Å². The van der Waals surface area contributed by atoms with Crippen LogP contribution in [0.3, 0.4) is 0 Å². The van der Waals surface area contributed by atoms with E-state index in [4.69, 9.17) is 4.74 Å². The summed E-state index contributed by atoms with van der Waals surface area (Å²) in [5, 5.41) is 0. The predicted octanol–water partition coefficient (Wildman–Crippen LogP) is 3.96. The Bertz CT molecular complexity index is 784. The molecule has 2 aromatic carbocycles. The SMILES string of the molecule is CC(C)Oc1ccc(C(=O)N2CCC(C(=O)c3ccc(F)cc3)C2)cc1. The minimum Gasteiger partial charge on any atom is -0.491 e. The van der Waals surface area contributed by atoms with Crippen LogP contribution < -0.4 is 4.74 Å². The Hall–Kier alpha value is -2.69. The first-order valence-corrected chi connectivity index (χ1v) is 8.80. The largest absolute Gasteiger partial charge is 0.491 e. The quantitative estimate of drug-likeness (QED) is 0.763. The number of likely N-dealkylation sites (tertiary alicyclic amines) is 1. The average Bonchev–Trinajstić information content (AvgIpc) is 3.11. The van der Waals surface area contributed by atoms with Crippen LogP contribution in [0.4, 0.5) is 4.39 Å². The van der Waals surface area contributed by atoms with E-state index < -0.39 is 0 Å². The maximum absolute atomic E-state index is 13.0. The number of ketones is 1. The highest BCUT2D eigenvalue weighted by Gasteiger charge is 2.31. The number of halogens is 1. The molecule has 0 bridgehead atoms. The Morgan fingerprint density at radius 3 is 2.27 bits per heavy atom. The van der Waals surface area contributed by atoms with E-state index >= 15 is 0 Å². The van der Waals surface area contributed by atoms with Gasteiger partial charge in [0.15, 0.2) is 5.78 Å². The number of rotatable bonds is 5. The Morgan fingerprint density at radius 2 is 1.65 bits per heavy atom. The van der Waals surface area contributed by atoms with E-state index in [2.05, 4.69) is 0 Å². The molecule has 1 unspecified atom stereocenters. The number of nitrogens with zero attached hydrogens (tertiary/aromatic N) is 1. The minimum atomic E-state index is -0.366. The lowest BCUT2D eigenvalue weighted by atomic mass is 9.97. The Morgan fingerprint density at radius 1 is 1.04 bits per heavy atom. The molecule has 26 heavy (non-hydrogen) atoms. The summed E-state index contributed by atoms with van der Waals surface area (Å²) < 4.78 is 18.6. The molecule has 1 aliphatic heterocycles. The van der Waals surface area contributed by atoms with Crippen LogP contribution in [0, 0.1) is 11.7 Å². The molecule has 1 fully saturated rings. The van der Waals surface area contributed by atoms with Gasteiger partial charge in [-0.1, -0.05) is 0 Å². The standard InChI is InChI=1S/C21H22FNO3/c1-14(2)26-19-9-5-16(6-10-19)21(25)23-12-11-17(13-23)20(24)15-3-7-18(22)8-4-15/h3-10,14,17H,11-13H2,1-2H3. The molecule has 0 spiro atoms. The first-order chi connectivity index (χ1) is 12.4. The van der Waals surface area contributed by atoms with Crippen LogP contribution in [0.5, 0.6) is 5.75 Å². The zero-order valence-electron chi connectivity index (χ0n) is 14.9. The molecule has 1 heterocycles. The molecule has 3 rings (SSSR count). The number of amides is 1. The molecule has 4 nitrogen and oxygen atoms in total. The maximum atomic E-state index is 13.0. The van der Waals surface area contributed by atoms with Gasteiger partial charge >= 0.3 is 0 Å². The van der Waals surface area contributed by atoms with Gasteiger partial charge in [0, 0.05) is 30.1 Å². The van der Waals surface area contributed by atoms with E-state index in [9.17, 15) is 14.0 Å². The Kier molecular flexibility index (Phi) is 5.35. The van der Waals surface area contributed by atoms with Crippen molar-refractivity contribution < 1.29 is 18.7 Å². The summed E-state index contributed by atoms with van der Waals surface area (Å²) in [7, 11) is 0. The second-order valence-electron chi connectivity index (χ2n) is 6.80. The molecule has 0 aliphatic carbocycles. The molecule has 2 aromatic rings. The summed E-state index contributed by atoms with van der Waals surface area (Å²) in [5.41, 5.74) is 1.07. The molecule has 0 N–H and O–H groups in total. The molecule has 1 amide bonds. The van der Waals surface area contributed by atoms with Crippen LogP contribution in [0.1, 0.15) is 41.0 Å². The second kappa shape index (κ2) is 7.68. The van der Waals surface area contributed by atoms with Crippen molar-refractivity contribution in [1.29, 1.82) is 0 Å². The van der Waals surface area contributed by atoms with Crippen molar-refractivity contribution in [3.05, 3.63) is 65.5 Å². The lowest BCUT2D eigenvalue weighted by Gasteiger charge is -2.17. The molecular formula is C21H22FNO3. The van der Waals surface area contributed by atoms with Gasteiger partial charge in [-0.3, -0.25) is 9.59 Å². The first-order valence-electron chi connectivity index (χ1n) is 8.80. The van der Waals surface area contributed by atoms with Gasteiger partial charge in [0.2, 0.25) is 0 Å². The number of carbonyl (C=O) groups is 2. The third-order valence-electron chi connectivity index (χ3n) is 4.45. The summed E-state index contributed by atoms with van der Waals surface area (Å²) in [4.78, 5) is 26.9. The van der Waals surface area contributed by atoms with Gasteiger partial charge in [0.05, 0.1) is 6.10 Å². The molecule has 0 radical (unpaired) electrons. The summed E-state index contributed by atoms with van der Waals surface area (Å²) in [5.74, 6) is -0.0125. The molecule has 136 valence electrons. The van der Waals surface area contributed by atoms with Gasteiger partial charge in [0.25, 0.3) is 5.91 Å². The van der Waals surface area contributed by atoms with E-state index in [1.54, 1.807) is 29.2 Å². The predicted molar refractivity (Wildman–Crippen MR) is 96.9 cm³/mol. The van der Waals surface area contributed by atoms with Crippen LogP contribution in [-0.2, 0) is 0 Å². The number of benzene rings is 2. The lowest BCUT2D eigenvalue weighted by molar-refractivity contribution is 0.0780. The van der Waals surface area contributed by atoms with Gasteiger partial charge in [0.1, 0.15) is 11.6 Å². The topological polar surface area (TPSA) is 46.6 Å². The first kappa shape index (κ1) is 18.1. The fourth-order valence-electron chi connectivity index (χ4n) is 3.14. The summed E-state index contributed by atoms with van der Waals surface area (Å²) in [6.45, 7) is 4.82. The fraction of sp³-hybridized carbons (Fsp3) is 0.333. The number of hydrogen-bond acceptors (Lipinski definition) is 3. The smallest absolute Gasteiger partial charge is 0.253 e. The number of hydrogen-bond donors (Lipinski definition) is 0. The zero-order chi connectivity index (χ0) is 18.7. The van der Waals surface area contributed by atoms with Crippen molar-refractivity contribution in [3.8, 4) is 5.75 Å². The Balaban J connectivity index is 1.63. The summed E-state index contributed by atoms with van der Waals surface area (Å²) >= 11 is 0. The van der Waals surface area contributed by atoms with E-state index in [0.717, 1.165) is 5.75 Å². The van der Waals surface area contributed by atoms with Crippen molar-refractivity contribution >= 4 is 11.7 Å². The molecule has 0 aromatic heterocycles. The maximum Gasteiger partial charge on any atom is 0.253 e. The highest BCUT2D eigenvalue weighted by molar-refractivity contribution is 5.99. The van der Waals surface area contributed by atoms with Crippen LogP contribution in [0.25, 0.3) is 0 Å². The second-order valence-corrected chi connectivity index (χ2v) is 6.80. The number of Topliss-reactive ketones (excluding diaryl/α,β-unsaturated/α-hetero) is 1. The van der Waals surface area contributed by atoms with Crippen LogP contribution in [0.15, 0.2) is 48.5 Å². The number of ether oxygens (including phenoxy) is 1. The normalized spacial score (nSPS) is 16.8. The third kappa shape index (κ3) is 4.10. The lowest BCUT2D eigenvalue weighted by Crippen LogP contribution is -2.30. The van der Waals surface area contributed by atoms with E-state index in [1.165, 1.54) is 24.3 Å². The average molecular weight is 355 g/mol. The van der Waals surface area contributed by atoms with Crippen molar-refractivity contribution in [2.24, 2.45) is 5.92 Å². The van der Waals surface area contributed by atoms with Crippen LogP contribution >= 0.6 is 0 Å². The highest BCUT2D eigenvalue weighted by atomic mass is 19.1. The van der Waals surface area contributed by atoms with Gasteiger partial charge in [-0.25, -0.2) is 4.39 Å². The van der Waals surface area contributed by atoms with Gasteiger partial charge in [-0.15, -0.1) is 0 Å². The van der Waals surface area contributed by atoms with E-state index in [-0.39, 0.29) is 29.5 Å². The van der Waals surface area contributed by atoms with E-state index in [1.807, 2.05) is 13.8 Å². The zero-order valence-corrected chi connectivity index (χ0v) is 14.9. The van der Waals surface area contributed by atoms with Crippen molar-refractivity contribution in [2.75, 3.05) is 13.1 Å². The fourth-order valence-corrected chi connectivity index (χ4v) is 3.14. The molecule has 5 heteroatoms. The highest BCUT2D eigenvalue weighted by Crippen LogP contribution is 2.23. The van der Waals surface area contributed by atoms with Crippen molar-refractivity contribution in [2.45, 2.75) is 26.4 Å². The summed E-state index contributed by atoms with van der Waals surface area (Å²) in [6.07, 6.45) is 0.699. The molecule has 1 atom stereocenters. The minimum absolute atomic E-state index is 0.0408. The molecule has 1 saturated heterocycles. The van der Waals surface area contributed by atoms with Crippen LogP contribution in [-0.4, -0.2) is 35.8 Å². The molecular weight excluding hydrogens is 333 g/mol. The monoisotopic (exact) mass is 355 g/mol. The Labute approximate surface area is 152 Å². The van der Waals surface area contributed by atoms with Gasteiger partial charge in [-0.05, 0) is 68.8 Å². The van der Waals surface area contributed by atoms with Crippen LogP contribution in [0.2, 0.25) is 0 Å². The van der Waals surface area contributed by atoms with Crippen molar-refractivity contribution in [1.82, 2.24) is 4.90 Å². The number of carbonyl (C=O) groups excluding carboxylic acids is 2. The van der Waals surface area contributed by atoms with Crippen molar-refractivity contribution in [3.63, 3.8) is 0 Å². The third-order valence-corrected chi connectivity index (χ3v) is 4.45. The summed E-state index contributed by atoms with van der Waals surface area (Å²) in [6, 6.07) is 12.6. The van der Waals surface area contributed by atoms with E-state index in [0.29, 0.717) is 30.6 Å². The van der Waals surface area contributed by atoms with Gasteiger partial charge < -0.3 is 9.64 Å². The molecule has 1 aliphatic rings.